The summed E-state index contributed by atoms with van der Waals surface area (Å²) in [5, 5.41) is 2.39. The lowest BCUT2D eigenvalue weighted by atomic mass is 9.94. The number of likely N-dealkylation sites (N-methyl/N-ethyl adjacent to an activating group) is 1. The van der Waals surface area contributed by atoms with E-state index >= 15 is 0 Å². The van der Waals surface area contributed by atoms with E-state index in [1.807, 2.05) is 37.4 Å². The molecule has 0 aromatic heterocycles. The summed E-state index contributed by atoms with van der Waals surface area (Å²) in [7, 11) is 2.02. The minimum Gasteiger partial charge on any atom is -0.344 e. The third kappa shape index (κ3) is 5.68. The van der Waals surface area contributed by atoms with Gasteiger partial charge in [0.1, 0.15) is 0 Å². The zero-order valence-corrected chi connectivity index (χ0v) is 18.2. The number of amides is 1. The summed E-state index contributed by atoms with van der Waals surface area (Å²) in [5.74, 6) is -0.604. The molecule has 0 radical (unpaired) electrons. The van der Waals surface area contributed by atoms with E-state index in [0.29, 0.717) is 0 Å². The average Bonchev–Trinajstić information content (AvgIpc) is 2.90. The van der Waals surface area contributed by atoms with Crippen LogP contribution in [0.2, 0.25) is 5.02 Å². The molecule has 1 heterocycles. The fourth-order valence-electron chi connectivity index (χ4n) is 3.91. The molecule has 0 saturated carbocycles. The van der Waals surface area contributed by atoms with Crippen molar-refractivity contribution in [3.05, 3.63) is 70.2 Å². The van der Waals surface area contributed by atoms with Gasteiger partial charge < -0.3 is 10.2 Å². The molecule has 0 unspecified atom stereocenters. The SMILES string of the molecule is CN1CCCCC[C@H]1[C@H](NC(=O)c1cccc(C(F)(F)F)c1Cl)c1ccccc1.Cl. The number of halogens is 5. The fourth-order valence-corrected chi connectivity index (χ4v) is 4.23. The summed E-state index contributed by atoms with van der Waals surface area (Å²) in [6.45, 7) is 0.911. The number of carbonyl (C=O) groups excluding carboxylic acids is 1. The van der Waals surface area contributed by atoms with Gasteiger partial charge in [0.25, 0.3) is 5.91 Å². The molecule has 3 nitrogen and oxygen atoms in total. The van der Waals surface area contributed by atoms with Gasteiger partial charge >= 0.3 is 6.18 Å². The molecule has 1 amide bonds. The standard InChI is InChI=1S/C22H24ClF3N2O.ClH/c1-28-14-7-3-6-13-18(28)20(15-9-4-2-5-10-15)27-21(29)16-11-8-12-17(19(16)23)22(24,25)26;/h2,4-5,8-12,18,20H,3,6-7,13-14H2,1H3,(H,27,29);1H/t18-,20+;/m0./s1. The molecule has 0 aliphatic carbocycles. The van der Waals surface area contributed by atoms with E-state index in [2.05, 4.69) is 10.2 Å². The Morgan fingerprint density at radius 3 is 2.47 bits per heavy atom. The monoisotopic (exact) mass is 460 g/mol. The van der Waals surface area contributed by atoms with Crippen molar-refractivity contribution < 1.29 is 18.0 Å². The summed E-state index contributed by atoms with van der Waals surface area (Å²) in [5.41, 5.74) is -0.254. The molecule has 2 aromatic rings. The summed E-state index contributed by atoms with van der Waals surface area (Å²) in [6.07, 6.45) is -0.476. The van der Waals surface area contributed by atoms with Gasteiger partial charge in [-0.3, -0.25) is 4.79 Å². The number of likely N-dealkylation sites (tertiary alicyclic amines) is 1. The highest BCUT2D eigenvalue weighted by atomic mass is 35.5. The summed E-state index contributed by atoms with van der Waals surface area (Å²) in [4.78, 5) is 15.2. The number of hydrogen-bond donors (Lipinski definition) is 1. The number of carbonyl (C=O) groups is 1. The Labute approximate surface area is 186 Å². The Morgan fingerprint density at radius 1 is 1.10 bits per heavy atom. The highest BCUT2D eigenvalue weighted by molar-refractivity contribution is 6.34. The Morgan fingerprint density at radius 2 is 1.80 bits per heavy atom. The van der Waals surface area contributed by atoms with Crippen molar-refractivity contribution in [2.45, 2.75) is 43.9 Å². The minimum absolute atomic E-state index is 0. The van der Waals surface area contributed by atoms with Crippen molar-refractivity contribution >= 4 is 29.9 Å². The van der Waals surface area contributed by atoms with E-state index in [-0.39, 0.29) is 30.1 Å². The molecule has 2 aromatic carbocycles. The second kappa shape index (κ2) is 10.5. The molecule has 164 valence electrons. The number of rotatable bonds is 4. The molecule has 30 heavy (non-hydrogen) atoms. The van der Waals surface area contributed by atoms with Crippen LogP contribution >= 0.6 is 24.0 Å². The summed E-state index contributed by atoms with van der Waals surface area (Å²) < 4.78 is 39.6. The third-order valence-electron chi connectivity index (χ3n) is 5.46. The highest BCUT2D eigenvalue weighted by Gasteiger charge is 2.35. The van der Waals surface area contributed by atoms with E-state index < -0.39 is 22.7 Å². The first kappa shape index (κ1) is 24.5. The quantitative estimate of drug-likeness (QED) is 0.595. The maximum atomic E-state index is 13.2. The second-order valence-corrected chi connectivity index (χ2v) is 7.80. The Balaban J connectivity index is 0.00000320. The van der Waals surface area contributed by atoms with Crippen LogP contribution in [0.3, 0.4) is 0 Å². The molecule has 1 aliphatic rings. The molecule has 1 saturated heterocycles. The number of nitrogens with zero attached hydrogens (tertiary/aromatic N) is 1. The van der Waals surface area contributed by atoms with Crippen molar-refractivity contribution in [1.82, 2.24) is 10.2 Å². The van der Waals surface area contributed by atoms with Crippen LogP contribution in [0, 0.1) is 0 Å². The largest absolute Gasteiger partial charge is 0.417 e. The van der Waals surface area contributed by atoms with Gasteiger partial charge in [0, 0.05) is 6.04 Å². The fraction of sp³-hybridized carbons (Fsp3) is 0.409. The first-order valence-corrected chi connectivity index (χ1v) is 10.1. The average molecular weight is 461 g/mol. The maximum absolute atomic E-state index is 13.2. The van der Waals surface area contributed by atoms with Crippen LogP contribution in [0.4, 0.5) is 13.2 Å². The van der Waals surface area contributed by atoms with Crippen molar-refractivity contribution in [1.29, 1.82) is 0 Å². The van der Waals surface area contributed by atoms with E-state index in [1.165, 1.54) is 12.1 Å². The van der Waals surface area contributed by atoms with Gasteiger partial charge in [-0.1, -0.05) is 60.8 Å². The van der Waals surface area contributed by atoms with Gasteiger partial charge in [-0.2, -0.15) is 13.2 Å². The van der Waals surface area contributed by atoms with E-state index in [4.69, 9.17) is 11.6 Å². The topological polar surface area (TPSA) is 32.3 Å². The van der Waals surface area contributed by atoms with E-state index in [9.17, 15) is 18.0 Å². The molecule has 8 heteroatoms. The lowest BCUT2D eigenvalue weighted by Crippen LogP contribution is -2.44. The van der Waals surface area contributed by atoms with E-state index in [0.717, 1.165) is 43.9 Å². The number of hydrogen-bond acceptors (Lipinski definition) is 2. The first-order chi connectivity index (χ1) is 13.8. The predicted octanol–water partition coefficient (Wildman–Crippen LogP) is 6.13. The van der Waals surface area contributed by atoms with Crippen molar-refractivity contribution in [2.75, 3.05) is 13.6 Å². The molecule has 0 bridgehead atoms. The molecule has 2 atom stereocenters. The molecular weight excluding hydrogens is 436 g/mol. The van der Waals surface area contributed by atoms with Gasteiger partial charge in [0.15, 0.2) is 0 Å². The van der Waals surface area contributed by atoms with Crippen LogP contribution in [0.15, 0.2) is 48.5 Å². The third-order valence-corrected chi connectivity index (χ3v) is 5.86. The van der Waals surface area contributed by atoms with Gasteiger partial charge in [0.05, 0.1) is 22.2 Å². The minimum atomic E-state index is -4.62. The highest BCUT2D eigenvalue weighted by Crippen LogP contribution is 2.36. The molecular formula is C22H25Cl2F3N2O. The smallest absolute Gasteiger partial charge is 0.344 e. The summed E-state index contributed by atoms with van der Waals surface area (Å²) >= 11 is 5.97. The molecule has 3 rings (SSSR count). The Kier molecular flexibility index (Phi) is 8.59. The van der Waals surface area contributed by atoms with Crippen LogP contribution in [0.1, 0.15) is 53.2 Å². The lowest BCUT2D eigenvalue weighted by Gasteiger charge is -2.34. The summed E-state index contributed by atoms with van der Waals surface area (Å²) in [6, 6.07) is 12.6. The van der Waals surface area contributed by atoms with Crippen LogP contribution in [-0.4, -0.2) is 30.4 Å². The van der Waals surface area contributed by atoms with E-state index in [1.54, 1.807) is 0 Å². The van der Waals surface area contributed by atoms with Crippen LogP contribution < -0.4 is 5.32 Å². The Hall–Kier alpha value is -1.76. The zero-order chi connectivity index (χ0) is 21.0. The first-order valence-electron chi connectivity index (χ1n) is 9.71. The number of benzene rings is 2. The van der Waals surface area contributed by atoms with Crippen molar-refractivity contribution in [2.24, 2.45) is 0 Å². The lowest BCUT2D eigenvalue weighted by molar-refractivity contribution is -0.137. The number of alkyl halides is 3. The predicted molar refractivity (Wildman–Crippen MR) is 115 cm³/mol. The van der Waals surface area contributed by atoms with Gasteiger partial charge in [0.2, 0.25) is 0 Å². The van der Waals surface area contributed by atoms with Crippen LogP contribution in [0.25, 0.3) is 0 Å². The normalized spacial score (nSPS) is 18.8. The maximum Gasteiger partial charge on any atom is 0.417 e. The second-order valence-electron chi connectivity index (χ2n) is 7.42. The van der Waals surface area contributed by atoms with Crippen molar-refractivity contribution in [3.8, 4) is 0 Å². The molecule has 0 spiro atoms. The van der Waals surface area contributed by atoms with Crippen molar-refractivity contribution in [3.63, 3.8) is 0 Å². The molecule has 1 aliphatic heterocycles. The Bertz CT molecular complexity index is 846. The van der Waals surface area contributed by atoms with Gasteiger partial charge in [-0.25, -0.2) is 0 Å². The molecule has 1 fully saturated rings. The van der Waals surface area contributed by atoms with Crippen LogP contribution in [-0.2, 0) is 6.18 Å². The molecule has 1 N–H and O–H groups in total. The zero-order valence-electron chi connectivity index (χ0n) is 16.6. The number of nitrogens with one attached hydrogen (secondary N) is 1. The van der Waals surface area contributed by atoms with Crippen LogP contribution in [0.5, 0.6) is 0 Å². The van der Waals surface area contributed by atoms with Gasteiger partial charge in [-0.05, 0) is 44.1 Å². The van der Waals surface area contributed by atoms with Gasteiger partial charge in [-0.15, -0.1) is 12.4 Å².